The Hall–Kier alpha value is -3.96. The number of benzene rings is 3. The fraction of sp³-hybridized carbons (Fsp3) is 0.359. The number of ether oxygens (including phenoxy) is 2. The molecule has 0 unspecified atom stereocenters. The van der Waals surface area contributed by atoms with Crippen LogP contribution in [-0.4, -0.2) is 16.9 Å². The Labute approximate surface area is 272 Å². The standard InChI is InChI=1S/C39H44ClNO4/c1-37(2,3)35(42)44-34(23-19-27-13-9-10-15-32(27)39(7,8)45-36(43)38(4,5)6)29-14-11-12-26(24-29)16-21-31-22-18-28-17-20-30(40)25-33(28)41-31/h9-18,20-22,24-25,34H,19,23H2,1-8H3/b21-16+/t34-/m0/s1. The number of nitrogens with zero attached hydrogens (tertiary/aromatic N) is 1. The van der Waals surface area contributed by atoms with Crippen molar-refractivity contribution in [2.45, 2.75) is 79.9 Å². The second-order valence-corrected chi connectivity index (χ2v) is 14.5. The summed E-state index contributed by atoms with van der Waals surface area (Å²) in [5.74, 6) is -0.521. The molecule has 1 aromatic heterocycles. The van der Waals surface area contributed by atoms with Gasteiger partial charge in [0.05, 0.1) is 22.0 Å². The first-order valence-corrected chi connectivity index (χ1v) is 15.8. The first-order valence-electron chi connectivity index (χ1n) is 15.4. The zero-order valence-corrected chi connectivity index (χ0v) is 28.4. The van der Waals surface area contributed by atoms with Gasteiger partial charge < -0.3 is 9.47 Å². The molecule has 0 saturated carbocycles. The van der Waals surface area contributed by atoms with Crippen molar-refractivity contribution in [1.29, 1.82) is 0 Å². The fourth-order valence-corrected chi connectivity index (χ4v) is 5.06. The molecule has 0 fully saturated rings. The largest absolute Gasteiger partial charge is 0.457 e. The molecular weight excluding hydrogens is 582 g/mol. The van der Waals surface area contributed by atoms with Gasteiger partial charge in [0.25, 0.3) is 0 Å². The summed E-state index contributed by atoms with van der Waals surface area (Å²) in [6.45, 7) is 15.0. The van der Waals surface area contributed by atoms with Gasteiger partial charge in [-0.25, -0.2) is 4.98 Å². The minimum atomic E-state index is -0.828. The van der Waals surface area contributed by atoms with Gasteiger partial charge in [0.1, 0.15) is 11.7 Å². The zero-order chi connectivity index (χ0) is 33.0. The number of hydrogen-bond acceptors (Lipinski definition) is 5. The molecular formula is C39H44ClNO4. The zero-order valence-electron chi connectivity index (χ0n) is 27.6. The van der Waals surface area contributed by atoms with Crippen molar-refractivity contribution in [2.24, 2.45) is 10.8 Å². The lowest BCUT2D eigenvalue weighted by atomic mass is 9.88. The van der Waals surface area contributed by atoms with Crippen molar-refractivity contribution in [3.8, 4) is 0 Å². The van der Waals surface area contributed by atoms with Crippen LogP contribution in [0, 0.1) is 10.8 Å². The number of aryl methyl sites for hydroxylation is 1. The third-order valence-electron chi connectivity index (χ3n) is 7.57. The quantitative estimate of drug-likeness (QED) is 0.173. The summed E-state index contributed by atoms with van der Waals surface area (Å²) in [5.41, 5.74) is 3.41. The normalized spacial score (nSPS) is 13.2. The summed E-state index contributed by atoms with van der Waals surface area (Å²) in [5, 5.41) is 1.68. The first kappa shape index (κ1) is 33.9. The van der Waals surface area contributed by atoms with E-state index in [9.17, 15) is 9.59 Å². The SMILES string of the molecule is CC(C)(C)C(=O)O[C@@H](CCc1ccccc1C(C)(C)OC(=O)C(C)(C)C)c1cccc(/C=C/c2ccc3ccc(Cl)cc3n2)c1. The predicted molar refractivity (Wildman–Crippen MR) is 184 cm³/mol. The van der Waals surface area contributed by atoms with Crippen LogP contribution in [0.25, 0.3) is 23.1 Å². The summed E-state index contributed by atoms with van der Waals surface area (Å²) < 4.78 is 12.2. The third kappa shape index (κ3) is 9.04. The molecule has 4 rings (SSSR count). The predicted octanol–water partition coefficient (Wildman–Crippen LogP) is 10.1. The van der Waals surface area contributed by atoms with Crippen molar-refractivity contribution in [3.63, 3.8) is 0 Å². The molecule has 1 atom stereocenters. The highest BCUT2D eigenvalue weighted by atomic mass is 35.5. The van der Waals surface area contributed by atoms with Crippen LogP contribution in [-0.2, 0) is 31.1 Å². The number of hydrogen-bond donors (Lipinski definition) is 0. The summed E-state index contributed by atoms with van der Waals surface area (Å²) in [6.07, 6.45) is 4.68. The third-order valence-corrected chi connectivity index (χ3v) is 7.80. The lowest BCUT2D eigenvalue weighted by Crippen LogP contribution is -2.33. The number of pyridine rings is 1. The number of carbonyl (C=O) groups excluding carboxylic acids is 2. The molecule has 45 heavy (non-hydrogen) atoms. The van der Waals surface area contributed by atoms with Crippen molar-refractivity contribution in [3.05, 3.63) is 112 Å². The van der Waals surface area contributed by atoms with Gasteiger partial charge in [0, 0.05) is 10.4 Å². The number of rotatable bonds is 9. The molecule has 236 valence electrons. The molecule has 1 heterocycles. The van der Waals surface area contributed by atoms with E-state index in [1.54, 1.807) is 0 Å². The van der Waals surface area contributed by atoms with Crippen LogP contribution in [0.4, 0.5) is 0 Å². The second-order valence-electron chi connectivity index (χ2n) is 14.1. The average Bonchev–Trinajstić information content (AvgIpc) is 2.97. The van der Waals surface area contributed by atoms with Crippen LogP contribution in [0.5, 0.6) is 0 Å². The van der Waals surface area contributed by atoms with Gasteiger partial charge in [-0.3, -0.25) is 9.59 Å². The van der Waals surface area contributed by atoms with Crippen LogP contribution >= 0.6 is 11.6 Å². The molecule has 0 bridgehead atoms. The number of carbonyl (C=O) groups is 2. The highest BCUT2D eigenvalue weighted by Gasteiger charge is 2.33. The van der Waals surface area contributed by atoms with E-state index in [-0.39, 0.29) is 11.9 Å². The minimum Gasteiger partial charge on any atom is -0.457 e. The van der Waals surface area contributed by atoms with Gasteiger partial charge in [-0.15, -0.1) is 0 Å². The Morgan fingerprint density at radius 1 is 0.800 bits per heavy atom. The molecule has 0 saturated heterocycles. The van der Waals surface area contributed by atoms with Gasteiger partial charge >= 0.3 is 11.9 Å². The first-order chi connectivity index (χ1) is 21.0. The van der Waals surface area contributed by atoms with E-state index in [1.807, 2.05) is 140 Å². The Kier molecular flexibility index (Phi) is 10.2. The van der Waals surface area contributed by atoms with Gasteiger partial charge in [0.2, 0.25) is 0 Å². The van der Waals surface area contributed by atoms with E-state index in [0.29, 0.717) is 17.9 Å². The maximum Gasteiger partial charge on any atom is 0.312 e. The molecule has 6 heteroatoms. The Balaban J connectivity index is 1.60. The number of halogens is 1. The summed E-state index contributed by atoms with van der Waals surface area (Å²) >= 11 is 6.17. The minimum absolute atomic E-state index is 0.258. The lowest BCUT2D eigenvalue weighted by molar-refractivity contribution is -0.167. The van der Waals surface area contributed by atoms with Crippen LogP contribution in [0.2, 0.25) is 5.02 Å². The highest BCUT2D eigenvalue weighted by molar-refractivity contribution is 6.31. The van der Waals surface area contributed by atoms with Crippen LogP contribution in [0.3, 0.4) is 0 Å². The van der Waals surface area contributed by atoms with Gasteiger partial charge in [-0.05, 0) is 121 Å². The summed E-state index contributed by atoms with van der Waals surface area (Å²) in [4.78, 5) is 30.6. The molecule has 0 amide bonds. The fourth-order valence-electron chi connectivity index (χ4n) is 4.90. The van der Waals surface area contributed by atoms with Crippen molar-refractivity contribution >= 4 is 46.6 Å². The van der Waals surface area contributed by atoms with E-state index in [4.69, 9.17) is 26.1 Å². The molecule has 3 aromatic carbocycles. The molecule has 0 radical (unpaired) electrons. The highest BCUT2D eigenvalue weighted by Crippen LogP contribution is 2.34. The molecule has 0 aliphatic rings. The Bertz CT molecular complexity index is 1710. The summed E-state index contributed by atoms with van der Waals surface area (Å²) in [6, 6.07) is 25.7. The molecule has 0 aliphatic carbocycles. The maximum absolute atomic E-state index is 13.1. The molecule has 0 aliphatic heterocycles. The molecule has 4 aromatic rings. The molecule has 5 nitrogen and oxygen atoms in total. The van der Waals surface area contributed by atoms with Gasteiger partial charge in [-0.2, -0.15) is 0 Å². The second kappa shape index (κ2) is 13.6. The lowest BCUT2D eigenvalue weighted by Gasteiger charge is -2.31. The van der Waals surface area contributed by atoms with Crippen molar-refractivity contribution < 1.29 is 19.1 Å². The number of aromatic nitrogens is 1. The molecule has 0 N–H and O–H groups in total. The van der Waals surface area contributed by atoms with Crippen LogP contribution in [0.15, 0.2) is 78.9 Å². The Morgan fingerprint density at radius 2 is 1.49 bits per heavy atom. The van der Waals surface area contributed by atoms with Gasteiger partial charge in [0.15, 0.2) is 0 Å². The van der Waals surface area contributed by atoms with E-state index in [0.717, 1.165) is 38.9 Å². The monoisotopic (exact) mass is 625 g/mol. The maximum atomic E-state index is 13.1. The van der Waals surface area contributed by atoms with Crippen LogP contribution < -0.4 is 0 Å². The number of esters is 2. The van der Waals surface area contributed by atoms with Crippen molar-refractivity contribution in [2.75, 3.05) is 0 Å². The van der Waals surface area contributed by atoms with E-state index in [1.165, 1.54) is 0 Å². The smallest absolute Gasteiger partial charge is 0.312 e. The topological polar surface area (TPSA) is 65.5 Å². The Morgan fingerprint density at radius 3 is 2.20 bits per heavy atom. The van der Waals surface area contributed by atoms with Crippen LogP contribution in [0.1, 0.15) is 95.9 Å². The summed E-state index contributed by atoms with van der Waals surface area (Å²) in [7, 11) is 0. The molecule has 0 spiro atoms. The average molecular weight is 626 g/mol. The van der Waals surface area contributed by atoms with Crippen molar-refractivity contribution in [1.82, 2.24) is 4.98 Å². The van der Waals surface area contributed by atoms with Gasteiger partial charge in [-0.1, -0.05) is 72.3 Å². The van der Waals surface area contributed by atoms with E-state index in [2.05, 4.69) is 6.07 Å². The van der Waals surface area contributed by atoms with E-state index >= 15 is 0 Å². The number of fused-ring (bicyclic) bond motifs is 1. The van der Waals surface area contributed by atoms with E-state index < -0.39 is 22.5 Å².